The minimum Gasteiger partial charge on any atom is -0.496 e. The Bertz CT molecular complexity index is 1230. The van der Waals surface area contributed by atoms with Crippen molar-refractivity contribution in [2.45, 2.75) is 19.4 Å². The molecule has 1 saturated heterocycles. The predicted molar refractivity (Wildman–Crippen MR) is 133 cm³/mol. The SMILES string of the molecule is COc1ccccc1C1=C(Nc2ccc(N3CCCC3)cc2)C(=O)N(Cc2ccccc2)C1=O. The summed E-state index contributed by atoms with van der Waals surface area (Å²) in [5, 5.41) is 3.25. The summed E-state index contributed by atoms with van der Waals surface area (Å²) >= 11 is 0. The van der Waals surface area contributed by atoms with E-state index in [1.54, 1.807) is 13.2 Å². The smallest absolute Gasteiger partial charge is 0.278 e. The third-order valence-electron chi connectivity index (χ3n) is 6.34. The lowest BCUT2D eigenvalue weighted by molar-refractivity contribution is -0.137. The highest BCUT2D eigenvalue weighted by Gasteiger charge is 2.40. The molecule has 2 aliphatic heterocycles. The first-order valence-corrected chi connectivity index (χ1v) is 11.6. The lowest BCUT2D eigenvalue weighted by Crippen LogP contribution is -2.32. The molecule has 0 atom stereocenters. The number of para-hydroxylation sites is 1. The van der Waals surface area contributed by atoms with E-state index in [1.165, 1.54) is 23.4 Å². The van der Waals surface area contributed by atoms with Crippen molar-refractivity contribution in [2.24, 2.45) is 0 Å². The van der Waals surface area contributed by atoms with Crippen molar-refractivity contribution in [2.75, 3.05) is 30.4 Å². The summed E-state index contributed by atoms with van der Waals surface area (Å²) in [4.78, 5) is 30.7. The molecule has 172 valence electrons. The Labute approximate surface area is 199 Å². The van der Waals surface area contributed by atoms with Crippen LogP contribution in [0.4, 0.5) is 11.4 Å². The van der Waals surface area contributed by atoms with Gasteiger partial charge in [0.2, 0.25) is 0 Å². The van der Waals surface area contributed by atoms with E-state index in [0.717, 1.165) is 24.3 Å². The molecule has 1 fully saturated rings. The van der Waals surface area contributed by atoms with Gasteiger partial charge >= 0.3 is 0 Å². The second-order valence-electron chi connectivity index (χ2n) is 8.50. The number of ether oxygens (including phenoxy) is 1. The molecule has 5 rings (SSSR count). The second-order valence-corrected chi connectivity index (χ2v) is 8.50. The molecule has 3 aromatic rings. The van der Waals surface area contributed by atoms with Gasteiger partial charge in [-0.1, -0.05) is 48.5 Å². The number of benzene rings is 3. The molecule has 1 N–H and O–H groups in total. The van der Waals surface area contributed by atoms with Crippen LogP contribution in [0.15, 0.2) is 84.6 Å². The Kier molecular flexibility index (Phi) is 6.04. The molecule has 0 aromatic heterocycles. The van der Waals surface area contributed by atoms with Gasteiger partial charge in [0.25, 0.3) is 11.8 Å². The maximum atomic E-state index is 13.6. The van der Waals surface area contributed by atoms with Gasteiger partial charge in [-0.05, 0) is 48.7 Å². The van der Waals surface area contributed by atoms with Crippen LogP contribution in [0.2, 0.25) is 0 Å². The van der Waals surface area contributed by atoms with E-state index < -0.39 is 0 Å². The second kappa shape index (κ2) is 9.43. The number of rotatable bonds is 7. The molecule has 3 aromatic carbocycles. The van der Waals surface area contributed by atoms with Gasteiger partial charge in [-0.25, -0.2) is 0 Å². The van der Waals surface area contributed by atoms with Crippen molar-refractivity contribution in [1.29, 1.82) is 0 Å². The van der Waals surface area contributed by atoms with Crippen LogP contribution in [-0.2, 0) is 16.1 Å². The zero-order chi connectivity index (χ0) is 23.5. The topological polar surface area (TPSA) is 61.9 Å². The van der Waals surface area contributed by atoms with E-state index in [-0.39, 0.29) is 24.1 Å². The number of amides is 2. The zero-order valence-corrected chi connectivity index (χ0v) is 19.2. The summed E-state index contributed by atoms with van der Waals surface area (Å²) in [6.07, 6.45) is 2.42. The number of imide groups is 1. The van der Waals surface area contributed by atoms with E-state index in [4.69, 9.17) is 4.74 Å². The van der Waals surface area contributed by atoms with Gasteiger partial charge in [-0.2, -0.15) is 0 Å². The van der Waals surface area contributed by atoms with Gasteiger partial charge in [0.05, 0.1) is 19.2 Å². The van der Waals surface area contributed by atoms with Crippen LogP contribution in [0.25, 0.3) is 5.57 Å². The molecule has 2 amide bonds. The Hall–Kier alpha value is -4.06. The molecule has 0 aliphatic carbocycles. The fourth-order valence-electron chi connectivity index (χ4n) is 4.58. The number of hydrogen-bond acceptors (Lipinski definition) is 5. The quantitative estimate of drug-likeness (QED) is 0.526. The molecule has 34 heavy (non-hydrogen) atoms. The Balaban J connectivity index is 1.50. The Morgan fingerprint density at radius 2 is 1.50 bits per heavy atom. The molecule has 0 bridgehead atoms. The summed E-state index contributed by atoms with van der Waals surface area (Å²) in [6.45, 7) is 2.34. The molecular weight excluding hydrogens is 426 g/mol. The van der Waals surface area contributed by atoms with Crippen LogP contribution in [0.5, 0.6) is 5.75 Å². The maximum absolute atomic E-state index is 13.6. The first-order chi connectivity index (χ1) is 16.7. The minimum absolute atomic E-state index is 0.205. The molecule has 6 nitrogen and oxygen atoms in total. The van der Waals surface area contributed by atoms with Crippen molar-refractivity contribution in [3.8, 4) is 5.75 Å². The molecule has 0 spiro atoms. The standard InChI is InChI=1S/C28H27N3O3/c1-34-24-12-6-5-11-23(24)25-26(28(33)31(27(25)32)19-20-9-3-2-4-10-20)29-21-13-15-22(16-14-21)30-17-7-8-18-30/h2-6,9-16,29H,7-8,17-19H2,1H3. The van der Waals surface area contributed by atoms with Crippen LogP contribution in [-0.4, -0.2) is 36.9 Å². The van der Waals surface area contributed by atoms with Gasteiger partial charge in [-0.3, -0.25) is 14.5 Å². The van der Waals surface area contributed by atoms with Crippen molar-refractivity contribution < 1.29 is 14.3 Å². The molecule has 0 unspecified atom stereocenters. The lowest BCUT2D eigenvalue weighted by Gasteiger charge is -2.18. The van der Waals surface area contributed by atoms with E-state index in [2.05, 4.69) is 22.3 Å². The van der Waals surface area contributed by atoms with Crippen LogP contribution >= 0.6 is 0 Å². The first kappa shape index (κ1) is 21.8. The number of nitrogens with one attached hydrogen (secondary N) is 1. The Morgan fingerprint density at radius 1 is 0.824 bits per heavy atom. The van der Waals surface area contributed by atoms with Gasteiger partial charge in [0, 0.05) is 30.0 Å². The van der Waals surface area contributed by atoms with Gasteiger partial charge < -0.3 is 15.0 Å². The summed E-state index contributed by atoms with van der Waals surface area (Å²) in [5.41, 5.74) is 3.99. The molecule has 0 radical (unpaired) electrons. The van der Waals surface area contributed by atoms with Gasteiger partial charge in [-0.15, -0.1) is 0 Å². The fraction of sp³-hybridized carbons (Fsp3) is 0.214. The number of anilines is 2. The van der Waals surface area contributed by atoms with Gasteiger partial charge in [0.1, 0.15) is 11.4 Å². The Morgan fingerprint density at radius 3 is 2.21 bits per heavy atom. The largest absolute Gasteiger partial charge is 0.496 e. The molecular formula is C28H27N3O3. The van der Waals surface area contributed by atoms with Crippen LogP contribution in [0, 0.1) is 0 Å². The maximum Gasteiger partial charge on any atom is 0.278 e. The van der Waals surface area contributed by atoms with Crippen molar-refractivity contribution in [3.05, 3.63) is 95.7 Å². The molecule has 2 aliphatic rings. The van der Waals surface area contributed by atoms with Crippen molar-refractivity contribution >= 4 is 28.8 Å². The predicted octanol–water partition coefficient (Wildman–Crippen LogP) is 4.69. The molecule has 0 saturated carbocycles. The summed E-state index contributed by atoms with van der Waals surface area (Å²) in [7, 11) is 1.56. The van der Waals surface area contributed by atoms with E-state index in [9.17, 15) is 9.59 Å². The average Bonchev–Trinajstić information content (AvgIpc) is 3.49. The number of carbonyl (C=O) groups is 2. The number of methoxy groups -OCH3 is 1. The third-order valence-corrected chi connectivity index (χ3v) is 6.34. The van der Waals surface area contributed by atoms with Gasteiger partial charge in [0.15, 0.2) is 0 Å². The minimum atomic E-state index is -0.349. The van der Waals surface area contributed by atoms with Crippen LogP contribution in [0.1, 0.15) is 24.0 Å². The first-order valence-electron chi connectivity index (χ1n) is 11.6. The number of hydrogen-bond donors (Lipinski definition) is 1. The van der Waals surface area contributed by atoms with E-state index >= 15 is 0 Å². The van der Waals surface area contributed by atoms with E-state index in [1.807, 2.05) is 60.7 Å². The summed E-state index contributed by atoms with van der Waals surface area (Å²) < 4.78 is 5.52. The number of carbonyl (C=O) groups excluding carboxylic acids is 2. The zero-order valence-electron chi connectivity index (χ0n) is 19.2. The average molecular weight is 454 g/mol. The molecule has 2 heterocycles. The summed E-state index contributed by atoms with van der Waals surface area (Å²) in [6, 6.07) is 24.8. The van der Waals surface area contributed by atoms with Crippen LogP contribution in [0.3, 0.4) is 0 Å². The normalized spacial score (nSPS) is 15.9. The monoisotopic (exact) mass is 453 g/mol. The highest BCUT2D eigenvalue weighted by atomic mass is 16.5. The van der Waals surface area contributed by atoms with Crippen molar-refractivity contribution in [3.63, 3.8) is 0 Å². The molecule has 6 heteroatoms. The summed E-state index contributed by atoms with van der Waals surface area (Å²) in [5.74, 6) is -0.142. The van der Waals surface area contributed by atoms with E-state index in [0.29, 0.717) is 16.9 Å². The van der Waals surface area contributed by atoms with Crippen molar-refractivity contribution in [1.82, 2.24) is 4.90 Å². The highest BCUT2D eigenvalue weighted by molar-refractivity contribution is 6.36. The lowest BCUT2D eigenvalue weighted by atomic mass is 10.0. The van der Waals surface area contributed by atoms with Crippen LogP contribution < -0.4 is 15.0 Å². The fourth-order valence-corrected chi connectivity index (χ4v) is 4.58. The number of nitrogens with zero attached hydrogens (tertiary/aromatic N) is 2. The third kappa shape index (κ3) is 4.15. The highest BCUT2D eigenvalue weighted by Crippen LogP contribution is 2.36.